The highest BCUT2D eigenvalue weighted by Gasteiger charge is 2.21. The highest BCUT2D eigenvalue weighted by molar-refractivity contribution is 5.81. The van der Waals surface area contributed by atoms with E-state index in [2.05, 4.69) is 22.2 Å². The van der Waals surface area contributed by atoms with E-state index >= 15 is 0 Å². The van der Waals surface area contributed by atoms with Gasteiger partial charge in [0.15, 0.2) is 0 Å². The summed E-state index contributed by atoms with van der Waals surface area (Å²) in [5.41, 5.74) is 6.78. The summed E-state index contributed by atoms with van der Waals surface area (Å²) in [7, 11) is 0. The molecule has 2 atom stereocenters. The lowest BCUT2D eigenvalue weighted by Crippen LogP contribution is -2.20. The Morgan fingerprint density at radius 1 is 1.42 bits per heavy atom. The number of anilines is 2. The first-order chi connectivity index (χ1) is 9.11. The minimum Gasteiger partial charge on any atom is -0.399 e. The maximum atomic E-state index is 12.0. The van der Waals surface area contributed by atoms with Crippen LogP contribution in [0.4, 0.5) is 11.6 Å². The zero-order valence-corrected chi connectivity index (χ0v) is 10.9. The first-order valence-corrected chi connectivity index (χ1v) is 6.68. The molecule has 1 fully saturated rings. The quantitative estimate of drug-likeness (QED) is 0.720. The fourth-order valence-corrected chi connectivity index (χ4v) is 2.76. The SMILES string of the molecule is CC1CCC(Nc2nc3ccc(N)cc3c(=O)[nH]2)C1. The molecule has 1 saturated carbocycles. The minimum absolute atomic E-state index is 0.147. The lowest BCUT2D eigenvalue weighted by atomic mass is 10.1. The van der Waals surface area contributed by atoms with Gasteiger partial charge in [-0.15, -0.1) is 0 Å². The van der Waals surface area contributed by atoms with E-state index in [9.17, 15) is 4.79 Å². The normalized spacial score (nSPS) is 22.8. The molecule has 1 heterocycles. The van der Waals surface area contributed by atoms with Crippen LogP contribution in [-0.2, 0) is 0 Å². The maximum absolute atomic E-state index is 12.0. The lowest BCUT2D eigenvalue weighted by Gasteiger charge is -2.13. The monoisotopic (exact) mass is 258 g/mol. The predicted octanol–water partition coefficient (Wildman–Crippen LogP) is 2.11. The van der Waals surface area contributed by atoms with Crippen molar-refractivity contribution in [3.8, 4) is 0 Å². The van der Waals surface area contributed by atoms with Crippen LogP contribution in [0, 0.1) is 5.92 Å². The standard InChI is InChI=1S/C14H18N4O/c1-8-2-4-10(6-8)16-14-17-12-5-3-9(15)7-11(12)13(19)18-14/h3,5,7-8,10H,2,4,6,15H2,1H3,(H2,16,17,18,19). The second kappa shape index (κ2) is 4.57. The van der Waals surface area contributed by atoms with Gasteiger partial charge in [0, 0.05) is 11.7 Å². The van der Waals surface area contributed by atoms with E-state index in [0.29, 0.717) is 28.6 Å². The molecule has 5 heteroatoms. The summed E-state index contributed by atoms with van der Waals surface area (Å²) in [4.78, 5) is 19.2. The zero-order chi connectivity index (χ0) is 13.4. The van der Waals surface area contributed by atoms with Gasteiger partial charge in [-0.25, -0.2) is 4.98 Å². The third-order valence-electron chi connectivity index (χ3n) is 3.77. The van der Waals surface area contributed by atoms with Crippen LogP contribution in [0.1, 0.15) is 26.2 Å². The number of nitrogens with one attached hydrogen (secondary N) is 2. The van der Waals surface area contributed by atoms with E-state index in [1.807, 2.05) is 0 Å². The second-order valence-electron chi connectivity index (χ2n) is 5.45. The highest BCUT2D eigenvalue weighted by atomic mass is 16.1. The molecule has 1 aliphatic carbocycles. The molecule has 0 spiro atoms. The third kappa shape index (κ3) is 2.41. The van der Waals surface area contributed by atoms with Crippen molar-refractivity contribution >= 4 is 22.5 Å². The summed E-state index contributed by atoms with van der Waals surface area (Å²) in [5, 5.41) is 3.85. The van der Waals surface area contributed by atoms with Crippen LogP contribution in [0.3, 0.4) is 0 Å². The van der Waals surface area contributed by atoms with Gasteiger partial charge < -0.3 is 11.1 Å². The van der Waals surface area contributed by atoms with Crippen molar-refractivity contribution in [1.29, 1.82) is 0 Å². The first kappa shape index (κ1) is 12.0. The number of nitrogens with two attached hydrogens (primary N) is 1. The molecule has 3 rings (SSSR count). The summed E-state index contributed by atoms with van der Waals surface area (Å²) in [5.74, 6) is 1.30. The highest BCUT2D eigenvalue weighted by Crippen LogP contribution is 2.26. The molecule has 2 aromatic rings. The predicted molar refractivity (Wildman–Crippen MR) is 77.2 cm³/mol. The van der Waals surface area contributed by atoms with Gasteiger partial charge in [-0.05, 0) is 43.4 Å². The Morgan fingerprint density at radius 3 is 3.00 bits per heavy atom. The van der Waals surface area contributed by atoms with E-state index in [4.69, 9.17) is 5.73 Å². The Hall–Kier alpha value is -2.04. The molecule has 1 aromatic heterocycles. The van der Waals surface area contributed by atoms with Crippen molar-refractivity contribution in [3.63, 3.8) is 0 Å². The van der Waals surface area contributed by atoms with Crippen molar-refractivity contribution < 1.29 is 0 Å². The molecule has 19 heavy (non-hydrogen) atoms. The number of hydrogen-bond acceptors (Lipinski definition) is 4. The first-order valence-electron chi connectivity index (χ1n) is 6.68. The number of nitrogen functional groups attached to an aromatic ring is 1. The van der Waals surface area contributed by atoms with E-state index in [1.165, 1.54) is 6.42 Å². The van der Waals surface area contributed by atoms with Crippen LogP contribution in [0.2, 0.25) is 0 Å². The molecular weight excluding hydrogens is 240 g/mol. The third-order valence-corrected chi connectivity index (χ3v) is 3.77. The average molecular weight is 258 g/mol. The molecular formula is C14H18N4O. The fourth-order valence-electron chi connectivity index (χ4n) is 2.76. The van der Waals surface area contributed by atoms with E-state index in [-0.39, 0.29) is 5.56 Å². The molecule has 1 aromatic carbocycles. The van der Waals surface area contributed by atoms with Crippen molar-refractivity contribution in [2.24, 2.45) is 5.92 Å². The van der Waals surface area contributed by atoms with Crippen molar-refractivity contribution in [2.75, 3.05) is 11.1 Å². The molecule has 2 unspecified atom stereocenters. The molecule has 0 saturated heterocycles. The Labute approximate surface area is 111 Å². The molecule has 4 N–H and O–H groups in total. The Morgan fingerprint density at radius 2 is 2.26 bits per heavy atom. The number of aromatic amines is 1. The summed E-state index contributed by atoms with van der Waals surface area (Å²) in [6.07, 6.45) is 3.49. The van der Waals surface area contributed by atoms with Gasteiger partial charge in [0.25, 0.3) is 5.56 Å². The van der Waals surface area contributed by atoms with Gasteiger partial charge in [0.2, 0.25) is 5.95 Å². The summed E-state index contributed by atoms with van der Waals surface area (Å²) < 4.78 is 0. The Balaban J connectivity index is 1.93. The molecule has 5 nitrogen and oxygen atoms in total. The fraction of sp³-hybridized carbons (Fsp3) is 0.429. The Bertz CT molecular complexity index is 664. The number of rotatable bonds is 2. The van der Waals surface area contributed by atoms with Crippen LogP contribution in [0.15, 0.2) is 23.0 Å². The van der Waals surface area contributed by atoms with Crippen LogP contribution < -0.4 is 16.6 Å². The van der Waals surface area contributed by atoms with Crippen molar-refractivity contribution in [1.82, 2.24) is 9.97 Å². The van der Waals surface area contributed by atoms with Gasteiger partial charge in [-0.2, -0.15) is 0 Å². The summed E-state index contributed by atoms with van der Waals surface area (Å²) >= 11 is 0. The molecule has 0 radical (unpaired) electrons. The van der Waals surface area contributed by atoms with E-state index < -0.39 is 0 Å². The largest absolute Gasteiger partial charge is 0.399 e. The Kier molecular flexibility index (Phi) is 2.89. The van der Waals surface area contributed by atoms with Crippen molar-refractivity contribution in [2.45, 2.75) is 32.2 Å². The smallest absolute Gasteiger partial charge is 0.260 e. The van der Waals surface area contributed by atoms with Crippen LogP contribution >= 0.6 is 0 Å². The maximum Gasteiger partial charge on any atom is 0.260 e. The molecule has 100 valence electrons. The van der Waals surface area contributed by atoms with Gasteiger partial charge in [0.1, 0.15) is 0 Å². The summed E-state index contributed by atoms with van der Waals surface area (Å²) in [6.45, 7) is 2.25. The molecule has 0 bridgehead atoms. The number of hydrogen-bond donors (Lipinski definition) is 3. The molecule has 1 aliphatic rings. The molecule has 0 amide bonds. The van der Waals surface area contributed by atoms with Crippen LogP contribution in [0.5, 0.6) is 0 Å². The second-order valence-corrected chi connectivity index (χ2v) is 5.45. The zero-order valence-electron chi connectivity index (χ0n) is 10.9. The number of fused-ring (bicyclic) bond motifs is 1. The number of benzene rings is 1. The van der Waals surface area contributed by atoms with E-state index in [0.717, 1.165) is 18.8 Å². The number of H-pyrrole nitrogens is 1. The van der Waals surface area contributed by atoms with E-state index in [1.54, 1.807) is 18.2 Å². The number of aromatic nitrogens is 2. The lowest BCUT2D eigenvalue weighted by molar-refractivity contribution is 0.602. The minimum atomic E-state index is -0.147. The van der Waals surface area contributed by atoms with Gasteiger partial charge >= 0.3 is 0 Å². The average Bonchev–Trinajstić information content (AvgIpc) is 2.76. The topological polar surface area (TPSA) is 83.8 Å². The molecule has 0 aliphatic heterocycles. The van der Waals surface area contributed by atoms with Crippen molar-refractivity contribution in [3.05, 3.63) is 28.6 Å². The van der Waals surface area contributed by atoms with Gasteiger partial charge in [-0.1, -0.05) is 6.92 Å². The van der Waals surface area contributed by atoms with Gasteiger partial charge in [-0.3, -0.25) is 9.78 Å². The van der Waals surface area contributed by atoms with Gasteiger partial charge in [0.05, 0.1) is 10.9 Å². The van der Waals surface area contributed by atoms with Crippen LogP contribution in [-0.4, -0.2) is 16.0 Å². The number of nitrogens with zero attached hydrogens (tertiary/aromatic N) is 1. The van der Waals surface area contributed by atoms with Crippen LogP contribution in [0.25, 0.3) is 10.9 Å². The summed E-state index contributed by atoms with van der Waals surface area (Å²) in [6, 6.07) is 5.60.